The third kappa shape index (κ3) is 7.94. The molecule has 0 aromatic rings. The van der Waals surface area contributed by atoms with Crippen molar-refractivity contribution in [1.82, 2.24) is 10.2 Å². The first-order valence-corrected chi connectivity index (χ1v) is 8.70. The smallest absolute Gasteiger partial charge is 0.00939 e. The van der Waals surface area contributed by atoms with Gasteiger partial charge in [0.15, 0.2) is 0 Å². The molecule has 0 bridgehead atoms. The maximum Gasteiger partial charge on any atom is 0.00939 e. The van der Waals surface area contributed by atoms with E-state index in [0.29, 0.717) is 0 Å². The van der Waals surface area contributed by atoms with Crippen molar-refractivity contribution >= 4 is 0 Å². The number of hydrogen-bond donors (Lipinski definition) is 1. The van der Waals surface area contributed by atoms with E-state index in [1.165, 1.54) is 77.3 Å². The van der Waals surface area contributed by atoms with Crippen molar-refractivity contribution in [2.75, 3.05) is 20.1 Å². The molecule has 0 aromatic heterocycles. The van der Waals surface area contributed by atoms with Crippen LogP contribution in [0.4, 0.5) is 0 Å². The number of likely N-dealkylation sites (tertiary alicyclic amines) is 1. The molecule has 0 unspecified atom stereocenters. The molecular formula is C17H36N2. The van der Waals surface area contributed by atoms with Crippen molar-refractivity contribution in [2.24, 2.45) is 0 Å². The van der Waals surface area contributed by atoms with Crippen molar-refractivity contribution in [1.29, 1.82) is 0 Å². The fraction of sp³-hybridized carbons (Fsp3) is 1.00. The van der Waals surface area contributed by atoms with Crippen molar-refractivity contribution in [3.05, 3.63) is 0 Å². The Morgan fingerprint density at radius 1 is 0.947 bits per heavy atom. The van der Waals surface area contributed by atoms with Crippen LogP contribution in [0.25, 0.3) is 0 Å². The summed E-state index contributed by atoms with van der Waals surface area (Å²) in [7, 11) is 2.25. The second-order valence-corrected chi connectivity index (χ2v) is 6.43. The van der Waals surface area contributed by atoms with Gasteiger partial charge in [-0.3, -0.25) is 0 Å². The predicted octanol–water partition coefficient (Wildman–Crippen LogP) is 4.20. The topological polar surface area (TPSA) is 15.3 Å². The van der Waals surface area contributed by atoms with Crippen molar-refractivity contribution in [2.45, 2.75) is 90.1 Å². The fourth-order valence-electron chi connectivity index (χ4n) is 3.10. The number of nitrogens with zero attached hydrogens (tertiary/aromatic N) is 1. The zero-order valence-electron chi connectivity index (χ0n) is 13.6. The highest BCUT2D eigenvalue weighted by atomic mass is 15.1. The van der Waals surface area contributed by atoms with Crippen LogP contribution in [0.2, 0.25) is 0 Å². The standard InChI is InChI=1S/C17H36N2/c1-4-6-8-10-16(11-9-7-5-2)18-17-12-14-19(3)15-13-17/h16-18H,4-15H2,1-3H3. The van der Waals surface area contributed by atoms with Gasteiger partial charge < -0.3 is 10.2 Å². The van der Waals surface area contributed by atoms with E-state index >= 15 is 0 Å². The first-order chi connectivity index (χ1) is 9.26. The SMILES string of the molecule is CCCCCC(CCCCC)NC1CCN(C)CC1. The molecule has 0 radical (unpaired) electrons. The Morgan fingerprint density at radius 2 is 1.47 bits per heavy atom. The van der Waals surface area contributed by atoms with Crippen LogP contribution >= 0.6 is 0 Å². The number of piperidine rings is 1. The quantitative estimate of drug-likeness (QED) is 0.597. The lowest BCUT2D eigenvalue weighted by molar-refractivity contribution is 0.218. The Bertz CT molecular complexity index is 187. The number of nitrogens with one attached hydrogen (secondary N) is 1. The van der Waals surface area contributed by atoms with E-state index in [2.05, 4.69) is 31.1 Å². The summed E-state index contributed by atoms with van der Waals surface area (Å²) in [6, 6.07) is 1.57. The minimum Gasteiger partial charge on any atom is -0.311 e. The molecule has 0 atom stereocenters. The molecule has 0 aliphatic carbocycles. The molecule has 0 saturated carbocycles. The lowest BCUT2D eigenvalue weighted by atomic mass is 9.98. The molecule has 1 rings (SSSR count). The van der Waals surface area contributed by atoms with Crippen molar-refractivity contribution in [3.63, 3.8) is 0 Å². The Morgan fingerprint density at radius 3 is 1.95 bits per heavy atom. The molecule has 1 N–H and O–H groups in total. The molecule has 2 heteroatoms. The van der Waals surface area contributed by atoms with Gasteiger partial charge in [0, 0.05) is 12.1 Å². The summed E-state index contributed by atoms with van der Waals surface area (Å²) in [5, 5.41) is 3.97. The molecule has 0 amide bonds. The maximum absolute atomic E-state index is 3.97. The largest absolute Gasteiger partial charge is 0.311 e. The summed E-state index contributed by atoms with van der Waals surface area (Å²) >= 11 is 0. The van der Waals surface area contributed by atoms with Gasteiger partial charge in [-0.25, -0.2) is 0 Å². The van der Waals surface area contributed by atoms with Crippen LogP contribution in [0.15, 0.2) is 0 Å². The Balaban J connectivity index is 2.25. The fourth-order valence-corrected chi connectivity index (χ4v) is 3.10. The van der Waals surface area contributed by atoms with E-state index in [0.717, 1.165) is 12.1 Å². The van der Waals surface area contributed by atoms with Crippen LogP contribution in [0.1, 0.15) is 78.1 Å². The second kappa shape index (κ2) is 10.7. The summed E-state index contributed by atoms with van der Waals surface area (Å²) in [4.78, 5) is 2.46. The molecular weight excluding hydrogens is 232 g/mol. The molecule has 1 fully saturated rings. The first kappa shape index (κ1) is 17.0. The number of rotatable bonds is 10. The van der Waals surface area contributed by atoms with Gasteiger partial charge in [0.05, 0.1) is 0 Å². The van der Waals surface area contributed by atoms with Gasteiger partial charge in [-0.15, -0.1) is 0 Å². The lowest BCUT2D eigenvalue weighted by Gasteiger charge is -2.33. The van der Waals surface area contributed by atoms with Crippen molar-refractivity contribution < 1.29 is 0 Å². The van der Waals surface area contributed by atoms with E-state index in [-0.39, 0.29) is 0 Å². The third-order valence-electron chi connectivity index (χ3n) is 4.50. The van der Waals surface area contributed by atoms with E-state index in [1.54, 1.807) is 0 Å². The van der Waals surface area contributed by atoms with Crippen molar-refractivity contribution in [3.8, 4) is 0 Å². The molecule has 0 aromatic carbocycles. The molecule has 1 saturated heterocycles. The van der Waals surface area contributed by atoms with Crippen LogP contribution in [-0.4, -0.2) is 37.1 Å². The zero-order valence-corrected chi connectivity index (χ0v) is 13.6. The summed E-state index contributed by atoms with van der Waals surface area (Å²) < 4.78 is 0. The highest BCUT2D eigenvalue weighted by Gasteiger charge is 2.19. The Kier molecular flexibility index (Phi) is 9.54. The Labute approximate surface area is 121 Å². The van der Waals surface area contributed by atoms with Gasteiger partial charge in [-0.05, 0) is 45.8 Å². The molecule has 19 heavy (non-hydrogen) atoms. The average molecular weight is 268 g/mol. The van der Waals surface area contributed by atoms with E-state index < -0.39 is 0 Å². The Hall–Kier alpha value is -0.0800. The van der Waals surface area contributed by atoms with E-state index in [4.69, 9.17) is 0 Å². The lowest BCUT2D eigenvalue weighted by Crippen LogP contribution is -2.45. The maximum atomic E-state index is 3.97. The monoisotopic (exact) mass is 268 g/mol. The molecule has 1 aliphatic heterocycles. The number of hydrogen-bond acceptors (Lipinski definition) is 2. The highest BCUT2D eigenvalue weighted by molar-refractivity contribution is 4.79. The highest BCUT2D eigenvalue weighted by Crippen LogP contribution is 2.15. The van der Waals surface area contributed by atoms with Crippen LogP contribution in [0.3, 0.4) is 0 Å². The van der Waals surface area contributed by atoms with Crippen LogP contribution in [0, 0.1) is 0 Å². The first-order valence-electron chi connectivity index (χ1n) is 8.70. The minimum atomic E-state index is 0.782. The van der Waals surface area contributed by atoms with Gasteiger partial charge in [0.1, 0.15) is 0 Å². The summed E-state index contributed by atoms with van der Waals surface area (Å²) in [5.74, 6) is 0. The van der Waals surface area contributed by atoms with Gasteiger partial charge in [-0.1, -0.05) is 52.4 Å². The molecule has 2 nitrogen and oxygen atoms in total. The summed E-state index contributed by atoms with van der Waals surface area (Å²) in [6.07, 6.45) is 13.8. The molecule has 114 valence electrons. The van der Waals surface area contributed by atoms with Gasteiger partial charge in [0.2, 0.25) is 0 Å². The normalized spacial score (nSPS) is 18.3. The molecule has 1 aliphatic rings. The van der Waals surface area contributed by atoms with Gasteiger partial charge in [-0.2, -0.15) is 0 Å². The average Bonchev–Trinajstić information content (AvgIpc) is 2.41. The second-order valence-electron chi connectivity index (χ2n) is 6.43. The van der Waals surface area contributed by atoms with E-state index in [1.807, 2.05) is 0 Å². The van der Waals surface area contributed by atoms with E-state index in [9.17, 15) is 0 Å². The summed E-state index contributed by atoms with van der Waals surface area (Å²) in [5.41, 5.74) is 0. The molecule has 1 heterocycles. The van der Waals surface area contributed by atoms with Crippen LogP contribution in [-0.2, 0) is 0 Å². The summed E-state index contributed by atoms with van der Waals surface area (Å²) in [6.45, 7) is 7.15. The number of unbranched alkanes of at least 4 members (excludes halogenated alkanes) is 4. The minimum absolute atomic E-state index is 0.782. The van der Waals surface area contributed by atoms with Gasteiger partial charge >= 0.3 is 0 Å². The predicted molar refractivity (Wildman–Crippen MR) is 85.7 cm³/mol. The third-order valence-corrected chi connectivity index (χ3v) is 4.50. The molecule has 0 spiro atoms. The zero-order chi connectivity index (χ0) is 13.9. The van der Waals surface area contributed by atoms with Gasteiger partial charge in [0.25, 0.3) is 0 Å². The van der Waals surface area contributed by atoms with Crippen LogP contribution in [0.5, 0.6) is 0 Å². The van der Waals surface area contributed by atoms with Crippen LogP contribution < -0.4 is 5.32 Å².